The van der Waals surface area contributed by atoms with Crippen molar-refractivity contribution in [2.24, 2.45) is 5.92 Å². The Morgan fingerprint density at radius 2 is 2.16 bits per heavy atom. The van der Waals surface area contributed by atoms with Gasteiger partial charge in [-0.2, -0.15) is 11.8 Å². The molecule has 2 aromatic rings. The predicted molar refractivity (Wildman–Crippen MR) is 74.9 cm³/mol. The van der Waals surface area contributed by atoms with Crippen LogP contribution >= 0.6 is 11.8 Å². The summed E-state index contributed by atoms with van der Waals surface area (Å²) in [4.78, 5) is 10.7. The van der Waals surface area contributed by atoms with Crippen LogP contribution in [0, 0.1) is 5.92 Å². The molecule has 0 saturated carbocycles. The maximum atomic E-state index is 10.7. The van der Waals surface area contributed by atoms with E-state index >= 15 is 0 Å². The quantitative estimate of drug-likeness (QED) is 0.877. The van der Waals surface area contributed by atoms with E-state index in [0.717, 1.165) is 17.0 Å². The monoisotopic (exact) mass is 277 g/mol. The molecule has 1 heterocycles. The minimum absolute atomic E-state index is 0.346. The number of thioether (sulfide) groups is 1. The molecule has 4 nitrogen and oxygen atoms in total. The fourth-order valence-electron chi connectivity index (χ4n) is 1.53. The number of aromatic nitrogens is 1. The third-order valence-electron chi connectivity index (χ3n) is 2.66. The Morgan fingerprint density at radius 1 is 1.42 bits per heavy atom. The topological polar surface area (TPSA) is 63.3 Å². The summed E-state index contributed by atoms with van der Waals surface area (Å²) >= 11 is 1.54. The van der Waals surface area contributed by atoms with Crippen molar-refractivity contribution in [2.45, 2.75) is 12.7 Å². The molecule has 0 spiro atoms. The van der Waals surface area contributed by atoms with Gasteiger partial charge in [0.25, 0.3) is 0 Å². The van der Waals surface area contributed by atoms with Gasteiger partial charge in [-0.25, -0.2) is 0 Å². The second kappa shape index (κ2) is 6.43. The second-order valence-electron chi connectivity index (χ2n) is 4.30. The van der Waals surface area contributed by atoms with Gasteiger partial charge < -0.3 is 9.63 Å². The van der Waals surface area contributed by atoms with Crippen molar-refractivity contribution in [3.05, 3.63) is 42.2 Å². The van der Waals surface area contributed by atoms with Crippen molar-refractivity contribution in [1.82, 2.24) is 5.16 Å². The van der Waals surface area contributed by atoms with Crippen molar-refractivity contribution >= 4 is 17.7 Å². The SMILES string of the molecule is CC(CSCc1cc(-c2ccccc2)no1)C(=O)O. The number of rotatable bonds is 6. The molecule has 0 aliphatic carbocycles. The van der Waals surface area contributed by atoms with Gasteiger partial charge in [-0.15, -0.1) is 0 Å². The molecule has 1 aromatic carbocycles. The van der Waals surface area contributed by atoms with Gasteiger partial charge in [0, 0.05) is 17.4 Å². The summed E-state index contributed by atoms with van der Waals surface area (Å²) in [6, 6.07) is 11.7. The highest BCUT2D eigenvalue weighted by atomic mass is 32.2. The molecule has 0 radical (unpaired) electrons. The maximum Gasteiger partial charge on any atom is 0.307 e. The molecule has 0 fully saturated rings. The Hall–Kier alpha value is -1.75. The fourth-order valence-corrected chi connectivity index (χ4v) is 2.48. The Morgan fingerprint density at radius 3 is 2.84 bits per heavy atom. The minimum atomic E-state index is -0.768. The van der Waals surface area contributed by atoms with E-state index in [1.807, 2.05) is 36.4 Å². The zero-order chi connectivity index (χ0) is 13.7. The Kier molecular flexibility index (Phi) is 4.63. The molecule has 1 unspecified atom stereocenters. The highest BCUT2D eigenvalue weighted by Crippen LogP contribution is 2.22. The van der Waals surface area contributed by atoms with Gasteiger partial charge >= 0.3 is 5.97 Å². The highest BCUT2D eigenvalue weighted by molar-refractivity contribution is 7.98. The van der Waals surface area contributed by atoms with Crippen LogP contribution in [0.25, 0.3) is 11.3 Å². The molecule has 0 bridgehead atoms. The van der Waals surface area contributed by atoms with Crippen LogP contribution in [-0.2, 0) is 10.5 Å². The number of aliphatic carboxylic acids is 1. The van der Waals surface area contributed by atoms with Crippen LogP contribution in [0.5, 0.6) is 0 Å². The normalized spacial score (nSPS) is 12.3. The first-order chi connectivity index (χ1) is 9.16. The van der Waals surface area contributed by atoms with Gasteiger partial charge in [0.05, 0.1) is 11.7 Å². The van der Waals surface area contributed by atoms with Crippen molar-refractivity contribution in [3.8, 4) is 11.3 Å². The van der Waals surface area contributed by atoms with E-state index in [4.69, 9.17) is 9.63 Å². The van der Waals surface area contributed by atoms with Crippen LogP contribution in [0.1, 0.15) is 12.7 Å². The van der Waals surface area contributed by atoms with Crippen molar-refractivity contribution < 1.29 is 14.4 Å². The molecule has 0 aliphatic heterocycles. The number of benzene rings is 1. The van der Waals surface area contributed by atoms with Crippen molar-refractivity contribution in [3.63, 3.8) is 0 Å². The maximum absolute atomic E-state index is 10.7. The van der Waals surface area contributed by atoms with Crippen LogP contribution in [0.2, 0.25) is 0 Å². The van der Waals surface area contributed by atoms with E-state index in [2.05, 4.69) is 5.16 Å². The zero-order valence-electron chi connectivity index (χ0n) is 10.6. The summed E-state index contributed by atoms with van der Waals surface area (Å²) in [5.74, 6) is 0.853. The molecule has 0 saturated heterocycles. The summed E-state index contributed by atoms with van der Waals surface area (Å²) in [7, 11) is 0. The van der Waals surface area contributed by atoms with Crippen LogP contribution in [-0.4, -0.2) is 22.0 Å². The lowest BCUT2D eigenvalue weighted by Crippen LogP contribution is -2.11. The first-order valence-electron chi connectivity index (χ1n) is 5.98. The summed E-state index contributed by atoms with van der Waals surface area (Å²) in [5.41, 5.74) is 1.82. The number of carboxylic acid groups (broad SMARTS) is 1. The molecular weight excluding hydrogens is 262 g/mol. The van der Waals surface area contributed by atoms with Crippen LogP contribution in [0.4, 0.5) is 0 Å². The Balaban J connectivity index is 1.90. The van der Waals surface area contributed by atoms with E-state index in [0.29, 0.717) is 11.5 Å². The van der Waals surface area contributed by atoms with Crippen LogP contribution < -0.4 is 0 Å². The number of carbonyl (C=O) groups is 1. The molecule has 1 N–H and O–H groups in total. The standard InChI is InChI=1S/C14H15NO3S/c1-10(14(16)17)8-19-9-12-7-13(15-18-12)11-5-3-2-4-6-11/h2-7,10H,8-9H2,1H3,(H,16,17). The molecule has 0 amide bonds. The van der Waals surface area contributed by atoms with Gasteiger partial charge in [-0.1, -0.05) is 42.4 Å². The van der Waals surface area contributed by atoms with Crippen molar-refractivity contribution in [1.29, 1.82) is 0 Å². The lowest BCUT2D eigenvalue weighted by atomic mass is 10.1. The van der Waals surface area contributed by atoms with E-state index in [1.165, 1.54) is 11.8 Å². The van der Waals surface area contributed by atoms with Gasteiger partial charge in [0.1, 0.15) is 11.5 Å². The third-order valence-corrected chi connectivity index (χ3v) is 3.89. The van der Waals surface area contributed by atoms with Gasteiger partial charge in [0.2, 0.25) is 0 Å². The first kappa shape index (κ1) is 13.7. The summed E-state index contributed by atoms with van der Waals surface area (Å²) < 4.78 is 5.24. The van der Waals surface area contributed by atoms with Gasteiger partial charge in [-0.3, -0.25) is 4.79 Å². The van der Waals surface area contributed by atoms with Crippen LogP contribution in [0.15, 0.2) is 40.9 Å². The zero-order valence-corrected chi connectivity index (χ0v) is 11.4. The smallest absolute Gasteiger partial charge is 0.307 e. The number of nitrogens with zero attached hydrogens (tertiary/aromatic N) is 1. The lowest BCUT2D eigenvalue weighted by Gasteiger charge is -2.03. The van der Waals surface area contributed by atoms with E-state index in [9.17, 15) is 4.79 Å². The molecule has 1 atom stereocenters. The number of carboxylic acids is 1. The Bertz CT molecular complexity index is 539. The molecule has 100 valence electrons. The Labute approximate surface area is 115 Å². The van der Waals surface area contributed by atoms with E-state index in [1.54, 1.807) is 6.92 Å². The lowest BCUT2D eigenvalue weighted by molar-refractivity contribution is -0.140. The van der Waals surface area contributed by atoms with Gasteiger partial charge in [-0.05, 0) is 0 Å². The predicted octanol–water partition coefficient (Wildman–Crippen LogP) is 3.30. The van der Waals surface area contributed by atoms with Crippen LogP contribution in [0.3, 0.4) is 0 Å². The molecular formula is C14H15NO3S. The average molecular weight is 277 g/mol. The minimum Gasteiger partial charge on any atom is -0.481 e. The molecule has 0 aliphatic rings. The molecule has 5 heteroatoms. The average Bonchev–Trinajstić information content (AvgIpc) is 2.88. The first-order valence-corrected chi connectivity index (χ1v) is 7.14. The number of hydrogen-bond acceptors (Lipinski definition) is 4. The van der Waals surface area contributed by atoms with E-state index < -0.39 is 5.97 Å². The number of hydrogen-bond donors (Lipinski definition) is 1. The molecule has 2 rings (SSSR count). The van der Waals surface area contributed by atoms with E-state index in [-0.39, 0.29) is 5.92 Å². The largest absolute Gasteiger partial charge is 0.481 e. The summed E-state index contributed by atoms with van der Waals surface area (Å²) in [5, 5.41) is 12.8. The second-order valence-corrected chi connectivity index (χ2v) is 5.33. The van der Waals surface area contributed by atoms with Crippen molar-refractivity contribution in [2.75, 3.05) is 5.75 Å². The fraction of sp³-hybridized carbons (Fsp3) is 0.286. The molecule has 1 aromatic heterocycles. The highest BCUT2D eigenvalue weighted by Gasteiger charge is 2.12. The summed E-state index contributed by atoms with van der Waals surface area (Å²) in [6.07, 6.45) is 0. The van der Waals surface area contributed by atoms with Gasteiger partial charge in [0.15, 0.2) is 0 Å². The molecule has 19 heavy (non-hydrogen) atoms. The third kappa shape index (κ3) is 3.86. The summed E-state index contributed by atoms with van der Waals surface area (Å²) in [6.45, 7) is 1.70.